The van der Waals surface area contributed by atoms with Gasteiger partial charge in [-0.25, -0.2) is 0 Å². The van der Waals surface area contributed by atoms with Gasteiger partial charge in [0.2, 0.25) is 0 Å². The van der Waals surface area contributed by atoms with Crippen molar-refractivity contribution in [3.63, 3.8) is 0 Å². The van der Waals surface area contributed by atoms with E-state index < -0.39 is 12.6 Å². The van der Waals surface area contributed by atoms with Crippen LogP contribution in [0, 0.1) is 5.41 Å². The minimum atomic E-state index is -0.401. The Balaban J connectivity index is 1.03. The summed E-state index contributed by atoms with van der Waals surface area (Å²) in [5.41, 5.74) is 1.67. The predicted molar refractivity (Wildman–Crippen MR) is 193 cm³/mol. The van der Waals surface area contributed by atoms with Crippen molar-refractivity contribution in [1.29, 1.82) is 0 Å². The zero-order valence-corrected chi connectivity index (χ0v) is 30.0. The van der Waals surface area contributed by atoms with Crippen LogP contribution in [0.4, 0.5) is 0 Å². The standard InChI is InChI=1S/C41H64O8/c42-27-15-11-7-3-1-5-9-13-17-29-44-37-23-19-35(20-24-37)39-46-31-41(32-47-39)33-48-40(49-34-41)36-21-25-38(26-22-36)45-30-18-14-10-6-2-4-8-12-16-28-43/h19-26,39-40,42-43H,1-18,27-34H2. The van der Waals surface area contributed by atoms with Crippen molar-refractivity contribution in [2.45, 2.75) is 128 Å². The zero-order chi connectivity index (χ0) is 34.2. The maximum absolute atomic E-state index is 8.84. The first-order chi connectivity index (χ1) is 24.2. The average Bonchev–Trinajstić information content (AvgIpc) is 3.14. The highest BCUT2D eigenvalue weighted by atomic mass is 16.7. The molecule has 2 aliphatic rings. The van der Waals surface area contributed by atoms with E-state index in [-0.39, 0.29) is 5.41 Å². The Bertz CT molecular complexity index is 985. The SMILES string of the molecule is OCCCCCCCCCCCOc1ccc(C2OCC3(CO2)COC(c2ccc(OCCCCCCCCCCCO)cc2)OC3)cc1. The lowest BCUT2D eigenvalue weighted by molar-refractivity contribution is -0.307. The van der Waals surface area contributed by atoms with Gasteiger partial charge in [0, 0.05) is 24.3 Å². The Kier molecular flexibility index (Phi) is 19.4. The van der Waals surface area contributed by atoms with Crippen LogP contribution in [0.5, 0.6) is 11.5 Å². The van der Waals surface area contributed by atoms with Crippen LogP contribution in [0.2, 0.25) is 0 Å². The van der Waals surface area contributed by atoms with Gasteiger partial charge in [0.1, 0.15) is 11.5 Å². The molecule has 0 aliphatic carbocycles. The first-order valence-electron chi connectivity index (χ1n) is 19.3. The van der Waals surface area contributed by atoms with Crippen molar-refractivity contribution in [3.05, 3.63) is 59.7 Å². The highest BCUT2D eigenvalue weighted by molar-refractivity contribution is 5.29. The van der Waals surface area contributed by atoms with Crippen molar-refractivity contribution < 1.29 is 38.6 Å². The van der Waals surface area contributed by atoms with Crippen LogP contribution >= 0.6 is 0 Å². The van der Waals surface area contributed by atoms with E-state index in [1.54, 1.807) is 0 Å². The molecule has 0 bridgehead atoms. The third kappa shape index (κ3) is 15.3. The lowest BCUT2D eigenvalue weighted by Gasteiger charge is -2.43. The second-order valence-electron chi connectivity index (χ2n) is 14.1. The van der Waals surface area contributed by atoms with Gasteiger partial charge in [-0.1, -0.05) is 114 Å². The lowest BCUT2D eigenvalue weighted by atomic mass is 9.90. The van der Waals surface area contributed by atoms with Gasteiger partial charge in [0.25, 0.3) is 0 Å². The molecule has 2 saturated heterocycles. The van der Waals surface area contributed by atoms with Gasteiger partial charge in [-0.3, -0.25) is 0 Å². The number of aliphatic hydroxyl groups excluding tert-OH is 2. The summed E-state index contributed by atoms with van der Waals surface area (Å²) >= 11 is 0. The van der Waals surface area contributed by atoms with Crippen molar-refractivity contribution in [3.8, 4) is 11.5 Å². The molecule has 49 heavy (non-hydrogen) atoms. The third-order valence-corrected chi connectivity index (χ3v) is 9.61. The molecule has 0 atom stereocenters. The first kappa shape index (κ1) is 39.6. The minimum Gasteiger partial charge on any atom is -0.494 e. The third-order valence-electron chi connectivity index (χ3n) is 9.61. The number of benzene rings is 2. The molecular weight excluding hydrogens is 620 g/mol. The second kappa shape index (κ2) is 24.1. The van der Waals surface area contributed by atoms with Crippen LogP contribution in [0.15, 0.2) is 48.5 Å². The molecule has 2 N–H and O–H groups in total. The molecule has 0 amide bonds. The molecule has 2 heterocycles. The van der Waals surface area contributed by atoms with E-state index >= 15 is 0 Å². The van der Waals surface area contributed by atoms with Gasteiger partial charge in [0.05, 0.1) is 45.1 Å². The maximum atomic E-state index is 8.84. The van der Waals surface area contributed by atoms with Crippen LogP contribution in [0.1, 0.15) is 139 Å². The molecule has 8 heteroatoms. The van der Waals surface area contributed by atoms with Crippen molar-refractivity contribution in [1.82, 2.24) is 0 Å². The molecule has 8 nitrogen and oxygen atoms in total. The number of aliphatic hydroxyl groups is 2. The number of hydrogen-bond donors (Lipinski definition) is 2. The summed E-state index contributed by atoms with van der Waals surface area (Å²) in [6.45, 7) is 4.19. The Morgan fingerprint density at radius 2 is 0.714 bits per heavy atom. The van der Waals surface area contributed by atoms with Gasteiger partial charge in [-0.15, -0.1) is 0 Å². The largest absolute Gasteiger partial charge is 0.494 e. The number of unbranched alkanes of at least 4 members (excludes halogenated alkanes) is 16. The molecule has 4 rings (SSSR count). The van der Waals surface area contributed by atoms with Gasteiger partial charge < -0.3 is 38.6 Å². The van der Waals surface area contributed by atoms with Gasteiger partial charge in [-0.05, 0) is 49.9 Å². The van der Waals surface area contributed by atoms with Crippen LogP contribution in [0.3, 0.4) is 0 Å². The lowest BCUT2D eigenvalue weighted by Crippen LogP contribution is -2.49. The monoisotopic (exact) mass is 684 g/mol. The molecule has 2 aliphatic heterocycles. The maximum Gasteiger partial charge on any atom is 0.183 e. The normalized spacial score (nSPS) is 20.9. The zero-order valence-electron chi connectivity index (χ0n) is 30.0. The molecule has 2 aromatic carbocycles. The van der Waals surface area contributed by atoms with Gasteiger partial charge in [-0.2, -0.15) is 0 Å². The van der Waals surface area contributed by atoms with E-state index in [0.717, 1.165) is 74.4 Å². The van der Waals surface area contributed by atoms with E-state index in [0.29, 0.717) is 39.6 Å². The Hall–Kier alpha value is -2.20. The van der Waals surface area contributed by atoms with E-state index in [1.165, 1.54) is 77.0 Å². The van der Waals surface area contributed by atoms with Crippen LogP contribution in [-0.2, 0) is 18.9 Å². The number of ether oxygens (including phenoxy) is 6. The van der Waals surface area contributed by atoms with Crippen LogP contribution < -0.4 is 9.47 Å². The summed E-state index contributed by atoms with van der Waals surface area (Å²) in [5.74, 6) is 1.76. The Labute approximate surface area is 295 Å². The highest BCUT2D eigenvalue weighted by Crippen LogP contribution is 2.38. The summed E-state index contributed by atoms with van der Waals surface area (Å²) in [5, 5.41) is 17.7. The summed E-state index contributed by atoms with van der Waals surface area (Å²) in [7, 11) is 0. The average molecular weight is 685 g/mol. The fraction of sp³-hybridized carbons (Fsp3) is 0.707. The number of rotatable bonds is 26. The second-order valence-corrected chi connectivity index (χ2v) is 14.1. The van der Waals surface area contributed by atoms with Gasteiger partial charge in [0.15, 0.2) is 12.6 Å². The smallest absolute Gasteiger partial charge is 0.183 e. The topological polar surface area (TPSA) is 95.8 Å². The van der Waals surface area contributed by atoms with Crippen molar-refractivity contribution in [2.24, 2.45) is 5.41 Å². The van der Waals surface area contributed by atoms with Crippen molar-refractivity contribution >= 4 is 0 Å². The molecule has 0 unspecified atom stereocenters. The molecule has 0 radical (unpaired) electrons. The molecule has 0 saturated carbocycles. The Morgan fingerprint density at radius 1 is 0.429 bits per heavy atom. The summed E-state index contributed by atoms with van der Waals surface area (Å²) in [6.07, 6.45) is 20.6. The Morgan fingerprint density at radius 3 is 1.02 bits per heavy atom. The van der Waals surface area contributed by atoms with Crippen LogP contribution in [-0.4, -0.2) is 63.1 Å². The van der Waals surface area contributed by atoms with E-state index in [1.807, 2.05) is 48.5 Å². The molecule has 2 fully saturated rings. The fourth-order valence-corrected chi connectivity index (χ4v) is 6.47. The molecule has 0 aromatic heterocycles. The van der Waals surface area contributed by atoms with Gasteiger partial charge >= 0.3 is 0 Å². The van der Waals surface area contributed by atoms with Crippen molar-refractivity contribution in [2.75, 3.05) is 52.9 Å². The quantitative estimate of drug-likeness (QED) is 0.0948. The summed E-state index contributed by atoms with van der Waals surface area (Å²) in [6, 6.07) is 16.1. The molecule has 276 valence electrons. The van der Waals surface area contributed by atoms with E-state index in [2.05, 4.69) is 0 Å². The first-order valence-corrected chi connectivity index (χ1v) is 19.3. The van der Waals surface area contributed by atoms with E-state index in [4.69, 9.17) is 38.6 Å². The van der Waals surface area contributed by atoms with Crippen LogP contribution in [0.25, 0.3) is 0 Å². The summed E-state index contributed by atoms with van der Waals surface area (Å²) in [4.78, 5) is 0. The predicted octanol–water partition coefficient (Wildman–Crippen LogP) is 9.23. The number of hydrogen-bond acceptors (Lipinski definition) is 8. The molecule has 1 spiro atoms. The van der Waals surface area contributed by atoms with E-state index in [9.17, 15) is 0 Å². The molecule has 2 aromatic rings. The fourth-order valence-electron chi connectivity index (χ4n) is 6.47. The highest BCUT2D eigenvalue weighted by Gasteiger charge is 2.42. The minimum absolute atomic E-state index is 0.307. The molecular formula is C41H64O8. The summed E-state index contributed by atoms with van der Waals surface area (Å²) < 4.78 is 36.6.